The monoisotopic (exact) mass is 267 g/mol. The summed E-state index contributed by atoms with van der Waals surface area (Å²) < 4.78 is 25.9. The van der Waals surface area contributed by atoms with E-state index in [0.29, 0.717) is 9.79 Å². The van der Waals surface area contributed by atoms with Gasteiger partial charge in [0.05, 0.1) is 4.92 Å². The zero-order valence-corrected chi connectivity index (χ0v) is 9.79. The molecule has 0 unspecified atom stereocenters. The van der Waals surface area contributed by atoms with Gasteiger partial charge in [-0.1, -0.05) is 11.8 Å². The van der Waals surface area contributed by atoms with Crippen molar-refractivity contribution in [3.05, 3.63) is 64.2 Å². The number of hydrogen-bond acceptors (Lipinski definition) is 3. The summed E-state index contributed by atoms with van der Waals surface area (Å²) in [5.74, 6) is -1.31. The minimum Gasteiger partial charge on any atom is -0.258 e. The summed E-state index contributed by atoms with van der Waals surface area (Å²) >= 11 is 1.13. The van der Waals surface area contributed by atoms with Gasteiger partial charge in [0.2, 0.25) is 0 Å². The normalized spacial score (nSPS) is 10.3. The van der Waals surface area contributed by atoms with E-state index in [9.17, 15) is 18.9 Å². The summed E-state index contributed by atoms with van der Waals surface area (Å²) in [4.78, 5) is 11.0. The molecule has 0 aliphatic heterocycles. The Balaban J connectivity index is 2.20. The summed E-state index contributed by atoms with van der Waals surface area (Å²) in [6.07, 6.45) is 0. The first-order valence-electron chi connectivity index (χ1n) is 4.93. The van der Waals surface area contributed by atoms with Gasteiger partial charge in [-0.15, -0.1) is 0 Å². The Labute approximate surface area is 106 Å². The van der Waals surface area contributed by atoms with E-state index in [1.807, 2.05) is 0 Å². The van der Waals surface area contributed by atoms with Crippen LogP contribution < -0.4 is 0 Å². The molecule has 0 spiro atoms. The topological polar surface area (TPSA) is 43.1 Å². The van der Waals surface area contributed by atoms with Crippen LogP contribution >= 0.6 is 11.8 Å². The SMILES string of the molecule is O=[N+]([O-])c1ccc(Sc2cc(F)cc(F)c2)cc1. The number of non-ortho nitro benzene ring substituents is 1. The highest BCUT2D eigenvalue weighted by molar-refractivity contribution is 7.99. The summed E-state index contributed by atoms with van der Waals surface area (Å²) in [7, 11) is 0. The molecular formula is C12H7F2NO2S. The first-order valence-corrected chi connectivity index (χ1v) is 5.74. The molecule has 92 valence electrons. The zero-order chi connectivity index (χ0) is 13.1. The lowest BCUT2D eigenvalue weighted by molar-refractivity contribution is -0.384. The van der Waals surface area contributed by atoms with Crippen molar-refractivity contribution in [3.8, 4) is 0 Å². The van der Waals surface area contributed by atoms with Crippen LogP contribution in [0.4, 0.5) is 14.5 Å². The molecule has 0 aromatic heterocycles. The Morgan fingerprint density at radius 1 is 0.944 bits per heavy atom. The van der Waals surface area contributed by atoms with E-state index in [1.54, 1.807) is 0 Å². The van der Waals surface area contributed by atoms with Gasteiger partial charge in [0.1, 0.15) is 11.6 Å². The van der Waals surface area contributed by atoms with E-state index < -0.39 is 16.6 Å². The van der Waals surface area contributed by atoms with Gasteiger partial charge in [-0.25, -0.2) is 8.78 Å². The van der Waals surface area contributed by atoms with Crippen LogP contribution in [0.25, 0.3) is 0 Å². The Morgan fingerprint density at radius 2 is 1.50 bits per heavy atom. The van der Waals surface area contributed by atoms with Gasteiger partial charge in [0, 0.05) is 28.0 Å². The zero-order valence-electron chi connectivity index (χ0n) is 8.97. The molecule has 6 heteroatoms. The first-order chi connectivity index (χ1) is 8.54. The van der Waals surface area contributed by atoms with Crippen molar-refractivity contribution in [2.24, 2.45) is 0 Å². The Kier molecular flexibility index (Phi) is 3.57. The van der Waals surface area contributed by atoms with E-state index in [0.717, 1.165) is 17.8 Å². The van der Waals surface area contributed by atoms with E-state index in [1.165, 1.54) is 36.4 Å². The quantitative estimate of drug-likeness (QED) is 0.623. The maximum Gasteiger partial charge on any atom is 0.269 e. The molecule has 0 N–H and O–H groups in total. The Morgan fingerprint density at radius 3 is 2.00 bits per heavy atom. The van der Waals surface area contributed by atoms with Crippen molar-refractivity contribution < 1.29 is 13.7 Å². The molecule has 0 saturated heterocycles. The molecule has 2 aromatic carbocycles. The summed E-state index contributed by atoms with van der Waals surface area (Å²) in [5.41, 5.74) is -0.0234. The van der Waals surface area contributed by atoms with Gasteiger partial charge in [-0.05, 0) is 24.3 Å². The predicted molar refractivity (Wildman–Crippen MR) is 63.6 cm³/mol. The fourth-order valence-electron chi connectivity index (χ4n) is 1.36. The van der Waals surface area contributed by atoms with Gasteiger partial charge in [0.15, 0.2) is 0 Å². The number of nitrogens with zero attached hydrogens (tertiary/aromatic N) is 1. The molecule has 18 heavy (non-hydrogen) atoms. The summed E-state index contributed by atoms with van der Waals surface area (Å²) in [5, 5.41) is 10.5. The minimum atomic E-state index is -0.653. The number of nitro groups is 1. The first kappa shape index (κ1) is 12.5. The van der Waals surface area contributed by atoms with Gasteiger partial charge in [0.25, 0.3) is 5.69 Å². The maximum absolute atomic E-state index is 13.0. The lowest BCUT2D eigenvalue weighted by Crippen LogP contribution is -1.86. The highest BCUT2D eigenvalue weighted by Gasteiger charge is 2.06. The van der Waals surface area contributed by atoms with Gasteiger partial charge in [-0.2, -0.15) is 0 Å². The van der Waals surface area contributed by atoms with Crippen molar-refractivity contribution in [2.45, 2.75) is 9.79 Å². The molecule has 0 fully saturated rings. The average Bonchev–Trinajstić information content (AvgIpc) is 2.28. The molecule has 0 radical (unpaired) electrons. The largest absolute Gasteiger partial charge is 0.269 e. The van der Waals surface area contributed by atoms with Crippen LogP contribution in [0.3, 0.4) is 0 Å². The molecule has 2 rings (SSSR count). The van der Waals surface area contributed by atoms with Crippen LogP contribution in [0.5, 0.6) is 0 Å². The van der Waals surface area contributed by atoms with Crippen molar-refractivity contribution in [1.29, 1.82) is 0 Å². The van der Waals surface area contributed by atoms with E-state index in [2.05, 4.69) is 0 Å². The second-order valence-electron chi connectivity index (χ2n) is 3.46. The number of hydrogen-bond donors (Lipinski definition) is 0. The molecule has 0 aliphatic rings. The third-order valence-corrected chi connectivity index (χ3v) is 3.10. The van der Waals surface area contributed by atoms with E-state index in [-0.39, 0.29) is 5.69 Å². The molecule has 0 bridgehead atoms. The molecular weight excluding hydrogens is 260 g/mol. The van der Waals surface area contributed by atoms with Crippen LogP contribution in [0.15, 0.2) is 52.3 Å². The highest BCUT2D eigenvalue weighted by Crippen LogP contribution is 2.29. The van der Waals surface area contributed by atoms with Crippen LogP contribution in [0.2, 0.25) is 0 Å². The minimum absolute atomic E-state index is 0.0234. The highest BCUT2D eigenvalue weighted by atomic mass is 32.2. The van der Waals surface area contributed by atoms with E-state index >= 15 is 0 Å². The van der Waals surface area contributed by atoms with Crippen molar-refractivity contribution in [2.75, 3.05) is 0 Å². The van der Waals surface area contributed by atoms with Gasteiger partial charge >= 0.3 is 0 Å². The molecule has 2 aromatic rings. The van der Waals surface area contributed by atoms with Crippen molar-refractivity contribution in [1.82, 2.24) is 0 Å². The Hall–Kier alpha value is -1.95. The van der Waals surface area contributed by atoms with Crippen molar-refractivity contribution in [3.63, 3.8) is 0 Å². The summed E-state index contributed by atoms with van der Waals surface area (Å²) in [6.45, 7) is 0. The van der Waals surface area contributed by atoms with Crippen LogP contribution in [-0.2, 0) is 0 Å². The van der Waals surface area contributed by atoms with Crippen LogP contribution in [0, 0.1) is 21.7 Å². The smallest absolute Gasteiger partial charge is 0.258 e. The molecule has 0 atom stereocenters. The second kappa shape index (κ2) is 5.14. The van der Waals surface area contributed by atoms with Crippen molar-refractivity contribution >= 4 is 17.4 Å². The summed E-state index contributed by atoms with van der Waals surface area (Å²) in [6, 6.07) is 8.96. The number of nitro benzene ring substituents is 1. The molecule has 3 nitrogen and oxygen atoms in total. The fourth-order valence-corrected chi connectivity index (χ4v) is 2.25. The molecule has 0 heterocycles. The lowest BCUT2D eigenvalue weighted by atomic mass is 10.3. The molecule has 0 amide bonds. The van der Waals surface area contributed by atoms with Crippen LogP contribution in [0.1, 0.15) is 0 Å². The molecule has 0 aliphatic carbocycles. The number of benzene rings is 2. The van der Waals surface area contributed by atoms with Gasteiger partial charge in [-0.3, -0.25) is 10.1 Å². The second-order valence-corrected chi connectivity index (χ2v) is 4.61. The number of rotatable bonds is 3. The third-order valence-electron chi connectivity index (χ3n) is 2.12. The Bertz CT molecular complexity index is 567. The fraction of sp³-hybridized carbons (Fsp3) is 0. The predicted octanol–water partition coefficient (Wildman–Crippen LogP) is 4.02. The van der Waals surface area contributed by atoms with Crippen LogP contribution in [-0.4, -0.2) is 4.92 Å². The lowest BCUT2D eigenvalue weighted by Gasteiger charge is -2.02. The third kappa shape index (κ3) is 3.04. The standard InChI is InChI=1S/C12H7F2NO2S/c13-8-5-9(14)7-12(6-8)18-11-3-1-10(2-4-11)15(16)17/h1-7H. The number of halogens is 2. The molecule has 0 saturated carbocycles. The maximum atomic E-state index is 13.0. The van der Waals surface area contributed by atoms with Gasteiger partial charge < -0.3 is 0 Å². The van der Waals surface area contributed by atoms with E-state index in [4.69, 9.17) is 0 Å². The average molecular weight is 267 g/mol.